The van der Waals surface area contributed by atoms with Crippen LogP contribution in [0.1, 0.15) is 10.6 Å². The van der Waals surface area contributed by atoms with Crippen LogP contribution >= 0.6 is 11.3 Å². The number of sulfone groups is 1. The van der Waals surface area contributed by atoms with Gasteiger partial charge in [-0.15, -0.1) is 10.2 Å². The van der Waals surface area contributed by atoms with Gasteiger partial charge in [-0.25, -0.2) is 16.8 Å². The van der Waals surface area contributed by atoms with Gasteiger partial charge in [0, 0.05) is 0 Å². The van der Waals surface area contributed by atoms with Crippen molar-refractivity contribution >= 4 is 36.3 Å². The summed E-state index contributed by atoms with van der Waals surface area (Å²) >= 11 is 0.900. The number of nitrogens with zero attached hydrogens (tertiary/aromatic N) is 2. The lowest BCUT2D eigenvalue weighted by Gasteiger charge is -2.04. The molecule has 0 atom stereocenters. The number of hydrogen-bond donors (Lipinski definition) is 1. The number of hydrogen-bond acceptors (Lipinski definition) is 7. The molecule has 1 aromatic heterocycles. The first kappa shape index (κ1) is 18.5. The summed E-state index contributed by atoms with van der Waals surface area (Å²) in [6.07, 6.45) is 0. The van der Waals surface area contributed by atoms with Crippen molar-refractivity contribution in [2.45, 2.75) is 16.4 Å². The van der Waals surface area contributed by atoms with Crippen molar-refractivity contribution in [1.29, 1.82) is 0 Å². The zero-order valence-electron chi connectivity index (χ0n) is 13.4. The zero-order valence-corrected chi connectivity index (χ0v) is 15.9. The minimum Gasteiger partial charge on any atom is -0.257 e. The zero-order chi connectivity index (χ0) is 18.6. The standard InChI is InChI=1S/C16H15N3O4S3/c20-25(21,14-9-5-2-6-10-14)12-15-17-18-16(24-15)19-26(22,23)11-13-7-3-1-4-8-13/h1-10H,11-12H2,(H,18,19). The van der Waals surface area contributed by atoms with Crippen molar-refractivity contribution in [2.75, 3.05) is 4.72 Å². The van der Waals surface area contributed by atoms with Crippen LogP contribution in [0.15, 0.2) is 65.6 Å². The molecule has 26 heavy (non-hydrogen) atoms. The topological polar surface area (TPSA) is 106 Å². The molecule has 3 rings (SSSR count). The predicted octanol–water partition coefficient (Wildman–Crippen LogP) is 2.45. The summed E-state index contributed by atoms with van der Waals surface area (Å²) in [5.41, 5.74) is 0.636. The van der Waals surface area contributed by atoms with E-state index < -0.39 is 19.9 Å². The van der Waals surface area contributed by atoms with Gasteiger partial charge in [-0.2, -0.15) is 0 Å². The van der Waals surface area contributed by atoms with E-state index in [1.165, 1.54) is 12.1 Å². The molecule has 0 amide bonds. The lowest BCUT2D eigenvalue weighted by atomic mass is 10.2. The first-order chi connectivity index (χ1) is 12.3. The molecule has 1 heterocycles. The van der Waals surface area contributed by atoms with E-state index in [0.29, 0.717) is 5.56 Å². The van der Waals surface area contributed by atoms with E-state index in [-0.39, 0.29) is 26.5 Å². The van der Waals surface area contributed by atoms with Crippen LogP contribution in [0.5, 0.6) is 0 Å². The molecule has 1 N–H and O–H groups in total. The van der Waals surface area contributed by atoms with Crippen LogP contribution in [0.2, 0.25) is 0 Å². The molecule has 0 bridgehead atoms. The van der Waals surface area contributed by atoms with E-state index in [4.69, 9.17) is 0 Å². The largest absolute Gasteiger partial charge is 0.257 e. The van der Waals surface area contributed by atoms with Crippen LogP contribution in [0.3, 0.4) is 0 Å². The van der Waals surface area contributed by atoms with Crippen LogP contribution in [0.4, 0.5) is 5.13 Å². The average Bonchev–Trinajstić information content (AvgIpc) is 3.01. The molecule has 0 fully saturated rings. The number of benzene rings is 2. The second-order valence-corrected chi connectivity index (χ2v) is 10.2. The van der Waals surface area contributed by atoms with Crippen molar-refractivity contribution in [3.8, 4) is 0 Å². The summed E-state index contributed by atoms with van der Waals surface area (Å²) in [4.78, 5) is 0.182. The quantitative estimate of drug-likeness (QED) is 0.642. The fourth-order valence-electron chi connectivity index (χ4n) is 2.19. The Morgan fingerprint density at radius 3 is 2.08 bits per heavy atom. The Morgan fingerprint density at radius 2 is 1.42 bits per heavy atom. The molecular formula is C16H15N3O4S3. The number of rotatable bonds is 7. The Morgan fingerprint density at radius 1 is 0.808 bits per heavy atom. The van der Waals surface area contributed by atoms with Crippen molar-refractivity contribution in [3.63, 3.8) is 0 Å². The molecule has 7 nitrogen and oxygen atoms in total. The Labute approximate surface area is 155 Å². The van der Waals surface area contributed by atoms with E-state index in [0.717, 1.165) is 11.3 Å². The highest BCUT2D eigenvalue weighted by Crippen LogP contribution is 2.22. The highest BCUT2D eigenvalue weighted by molar-refractivity contribution is 7.92. The second kappa shape index (κ2) is 7.52. The molecule has 0 saturated carbocycles. The Bertz CT molecular complexity index is 1080. The molecule has 0 aliphatic rings. The number of sulfonamides is 1. The molecule has 2 aromatic carbocycles. The third kappa shape index (κ3) is 4.87. The number of anilines is 1. The van der Waals surface area contributed by atoms with Gasteiger partial charge in [0.25, 0.3) is 0 Å². The molecule has 0 radical (unpaired) electrons. The van der Waals surface area contributed by atoms with Gasteiger partial charge in [-0.3, -0.25) is 4.72 Å². The van der Waals surface area contributed by atoms with Gasteiger partial charge < -0.3 is 0 Å². The highest BCUT2D eigenvalue weighted by Gasteiger charge is 2.20. The van der Waals surface area contributed by atoms with Gasteiger partial charge in [0.15, 0.2) is 9.84 Å². The van der Waals surface area contributed by atoms with E-state index in [2.05, 4.69) is 14.9 Å². The van der Waals surface area contributed by atoms with Crippen molar-refractivity contribution in [2.24, 2.45) is 0 Å². The van der Waals surface area contributed by atoms with Gasteiger partial charge in [-0.1, -0.05) is 59.9 Å². The minimum atomic E-state index is -3.66. The van der Waals surface area contributed by atoms with Crippen molar-refractivity contribution in [1.82, 2.24) is 10.2 Å². The third-order valence-electron chi connectivity index (χ3n) is 3.32. The fraction of sp³-hybridized carbons (Fsp3) is 0.125. The predicted molar refractivity (Wildman–Crippen MR) is 99.9 cm³/mol. The van der Waals surface area contributed by atoms with Gasteiger partial charge in [0.1, 0.15) is 10.8 Å². The van der Waals surface area contributed by atoms with E-state index in [1.54, 1.807) is 48.5 Å². The molecule has 10 heteroatoms. The summed E-state index contributed by atoms with van der Waals surface area (Å²) in [5.74, 6) is -0.542. The Balaban J connectivity index is 1.70. The van der Waals surface area contributed by atoms with Crippen molar-refractivity contribution in [3.05, 3.63) is 71.2 Å². The normalized spacial score (nSPS) is 12.0. The van der Waals surface area contributed by atoms with E-state index in [1.807, 2.05) is 0 Å². The minimum absolute atomic E-state index is 0.0409. The number of aromatic nitrogens is 2. The smallest absolute Gasteiger partial charge is 0.238 e. The molecule has 0 unspecified atom stereocenters. The molecule has 136 valence electrons. The van der Waals surface area contributed by atoms with Crippen molar-refractivity contribution < 1.29 is 16.8 Å². The lowest BCUT2D eigenvalue weighted by molar-refractivity contribution is 0.594. The average molecular weight is 410 g/mol. The summed E-state index contributed by atoms with van der Waals surface area (Å²) in [6.45, 7) is 0. The molecule has 0 aliphatic carbocycles. The van der Waals surface area contributed by atoms with Gasteiger partial charge >= 0.3 is 0 Å². The van der Waals surface area contributed by atoms with Crippen LogP contribution in [0.25, 0.3) is 0 Å². The SMILES string of the molecule is O=S(=O)(Cc1ccccc1)Nc1nnc(CS(=O)(=O)c2ccccc2)s1. The summed E-state index contributed by atoms with van der Waals surface area (Å²) in [6, 6.07) is 16.7. The maximum absolute atomic E-state index is 12.3. The molecule has 0 aliphatic heterocycles. The summed E-state index contributed by atoms with van der Waals surface area (Å²) in [5, 5.41) is 7.77. The highest BCUT2D eigenvalue weighted by atomic mass is 32.2. The van der Waals surface area contributed by atoms with Crippen LogP contribution in [-0.2, 0) is 31.4 Å². The maximum atomic E-state index is 12.3. The Kier molecular flexibility index (Phi) is 5.35. The van der Waals surface area contributed by atoms with E-state index in [9.17, 15) is 16.8 Å². The molecule has 3 aromatic rings. The maximum Gasteiger partial charge on any atom is 0.238 e. The van der Waals surface area contributed by atoms with Crippen LogP contribution in [-0.4, -0.2) is 27.0 Å². The second-order valence-electron chi connectivity index (χ2n) is 5.42. The van der Waals surface area contributed by atoms with E-state index >= 15 is 0 Å². The first-order valence-electron chi connectivity index (χ1n) is 7.49. The third-order valence-corrected chi connectivity index (χ3v) is 7.34. The van der Waals surface area contributed by atoms with Gasteiger partial charge in [-0.05, 0) is 17.7 Å². The summed E-state index contributed by atoms with van der Waals surface area (Å²) in [7, 11) is -7.22. The van der Waals surface area contributed by atoms with Gasteiger partial charge in [0.2, 0.25) is 15.2 Å². The fourth-order valence-corrected chi connectivity index (χ4v) is 5.96. The summed E-state index contributed by atoms with van der Waals surface area (Å²) < 4.78 is 51.4. The first-order valence-corrected chi connectivity index (χ1v) is 11.6. The monoisotopic (exact) mass is 409 g/mol. The lowest BCUT2D eigenvalue weighted by Crippen LogP contribution is -2.14. The number of nitrogens with one attached hydrogen (secondary N) is 1. The Hall–Kier alpha value is -2.30. The van der Waals surface area contributed by atoms with Crippen LogP contribution < -0.4 is 4.72 Å². The molecular weight excluding hydrogens is 394 g/mol. The van der Waals surface area contributed by atoms with Crippen LogP contribution in [0, 0.1) is 0 Å². The molecule has 0 spiro atoms. The van der Waals surface area contributed by atoms with Gasteiger partial charge in [0.05, 0.1) is 10.6 Å². The molecule has 0 saturated heterocycles.